The van der Waals surface area contributed by atoms with Crippen molar-refractivity contribution < 1.29 is 0 Å². The highest BCUT2D eigenvalue weighted by molar-refractivity contribution is 6.14. The molecule has 0 amide bonds. The predicted molar refractivity (Wildman–Crippen MR) is 411 cm³/mol. The molecule has 7 aromatic heterocycles. The summed E-state index contributed by atoms with van der Waals surface area (Å²) in [5.74, 6) is 2.64. The van der Waals surface area contributed by atoms with Crippen LogP contribution in [0.1, 0.15) is 0 Å². The monoisotopic (exact) mass is 1280 g/mol. The van der Waals surface area contributed by atoms with Gasteiger partial charge >= 0.3 is 0 Å². The fraction of sp³-hybridized carbons (Fsp3) is 0. The zero-order chi connectivity index (χ0) is 65.8. The maximum absolute atomic E-state index is 5.68. The lowest BCUT2D eigenvalue weighted by atomic mass is 9.95. The molecule has 0 radical (unpaired) electrons. The van der Waals surface area contributed by atoms with Gasteiger partial charge in [0.1, 0.15) is 11.6 Å². The third kappa shape index (κ3) is 9.35. The summed E-state index contributed by atoms with van der Waals surface area (Å²) >= 11 is 0. The Morgan fingerprint density at radius 2 is 0.420 bits per heavy atom. The fourth-order valence-electron chi connectivity index (χ4n) is 15.2. The number of fused-ring (bicyclic) bond motifs is 12. The van der Waals surface area contributed by atoms with Crippen LogP contribution in [0.3, 0.4) is 0 Å². The van der Waals surface area contributed by atoms with Crippen LogP contribution in [0.15, 0.2) is 346 Å². The van der Waals surface area contributed by atoms with Crippen molar-refractivity contribution in [3.63, 3.8) is 0 Å². The number of hydrogen-bond acceptors (Lipinski definition) is 5. The average molecular weight is 1280 g/mol. The molecule has 20 aromatic rings. The summed E-state index contributed by atoms with van der Waals surface area (Å²) < 4.78 is 9.09. The van der Waals surface area contributed by atoms with E-state index in [1.165, 1.54) is 0 Å². The molecule has 0 aliphatic carbocycles. The van der Waals surface area contributed by atoms with E-state index in [0.717, 1.165) is 177 Å². The van der Waals surface area contributed by atoms with Crippen molar-refractivity contribution in [1.82, 2.24) is 43.2 Å². The molecule has 9 nitrogen and oxygen atoms in total. The summed E-state index contributed by atoms with van der Waals surface area (Å²) in [4.78, 5) is 27.9. The molecular formula is C91H57N9. The normalized spacial score (nSPS) is 11.8. The first-order chi connectivity index (χ1) is 49.6. The van der Waals surface area contributed by atoms with Crippen molar-refractivity contribution in [3.8, 4) is 102 Å². The van der Waals surface area contributed by atoms with E-state index in [0.29, 0.717) is 11.9 Å². The summed E-state index contributed by atoms with van der Waals surface area (Å²) in [6.45, 7) is 0. The molecule has 0 atom stereocenters. The Labute approximate surface area is 574 Å². The molecule has 0 saturated heterocycles. The lowest BCUT2D eigenvalue weighted by molar-refractivity contribution is 0.951. The molecule has 0 spiro atoms. The molecule has 0 fully saturated rings. The van der Waals surface area contributed by atoms with Crippen molar-refractivity contribution in [2.45, 2.75) is 0 Å². The molecule has 0 aliphatic rings. The van der Waals surface area contributed by atoms with Gasteiger partial charge in [-0.05, 0) is 124 Å². The minimum atomic E-state index is 0.552. The Balaban J connectivity index is 0.771. The molecule has 0 unspecified atom stereocenters. The Morgan fingerprint density at radius 1 is 0.150 bits per heavy atom. The first-order valence-corrected chi connectivity index (χ1v) is 33.8. The predicted octanol–water partition coefficient (Wildman–Crippen LogP) is 22.7. The molecule has 0 aliphatic heterocycles. The van der Waals surface area contributed by atoms with Gasteiger partial charge in [0.2, 0.25) is 11.9 Å². The molecule has 0 bridgehead atoms. The number of para-hydroxylation sites is 6. The first-order valence-electron chi connectivity index (χ1n) is 33.8. The Hall–Kier alpha value is -13.6. The van der Waals surface area contributed by atoms with Gasteiger partial charge < -0.3 is 0 Å². The summed E-state index contributed by atoms with van der Waals surface area (Å²) in [6.07, 6.45) is 0. The maximum Gasteiger partial charge on any atom is 0.237 e. The fourth-order valence-corrected chi connectivity index (χ4v) is 15.2. The van der Waals surface area contributed by atoms with Gasteiger partial charge in [-0.1, -0.05) is 243 Å². The topological polar surface area (TPSA) is 84.2 Å². The van der Waals surface area contributed by atoms with Gasteiger partial charge in [0.05, 0.1) is 66.9 Å². The Kier molecular flexibility index (Phi) is 13.1. The van der Waals surface area contributed by atoms with Crippen LogP contribution in [-0.4, -0.2) is 43.2 Å². The SMILES string of the molecule is c1ccc(-c2cc(-c3ccccc3)cc(-c3cc(-n4c5ccccc5c5cc(-c6ccc7c(c6)c6ccccc6n7-c6nc(-c7cc(-c8ccccc8)nc(-c8ccccc8)c7)cc(-n7c8ccccc8c8ccccc87)n6)ccc54)nc(-n4c5ccccc5c5ccccc54)n3)c2)cc1. The van der Waals surface area contributed by atoms with Crippen LogP contribution in [0, 0.1) is 0 Å². The highest BCUT2D eigenvalue weighted by atomic mass is 15.2. The van der Waals surface area contributed by atoms with E-state index in [4.69, 9.17) is 24.9 Å². The largest absolute Gasteiger partial charge is 0.294 e. The molecular weight excluding hydrogens is 1220 g/mol. The van der Waals surface area contributed by atoms with Crippen molar-refractivity contribution >= 4 is 87.2 Å². The number of aromatic nitrogens is 9. The second-order valence-corrected chi connectivity index (χ2v) is 25.6. The molecule has 9 heteroatoms. The summed E-state index contributed by atoms with van der Waals surface area (Å²) in [7, 11) is 0. The van der Waals surface area contributed by atoms with Gasteiger partial charge in [0.25, 0.3) is 0 Å². The van der Waals surface area contributed by atoms with Crippen LogP contribution in [-0.2, 0) is 0 Å². The molecule has 100 heavy (non-hydrogen) atoms. The van der Waals surface area contributed by atoms with Crippen LogP contribution in [0.4, 0.5) is 0 Å². The maximum atomic E-state index is 5.68. The van der Waals surface area contributed by atoms with Crippen LogP contribution >= 0.6 is 0 Å². The van der Waals surface area contributed by atoms with Crippen molar-refractivity contribution in [3.05, 3.63) is 346 Å². The van der Waals surface area contributed by atoms with E-state index in [1.54, 1.807) is 0 Å². The third-order valence-electron chi connectivity index (χ3n) is 19.8. The minimum absolute atomic E-state index is 0.552. The van der Waals surface area contributed by atoms with E-state index in [2.05, 4.69) is 352 Å². The number of hydrogen-bond donors (Lipinski definition) is 0. The van der Waals surface area contributed by atoms with E-state index in [9.17, 15) is 0 Å². The van der Waals surface area contributed by atoms with Gasteiger partial charge in [0, 0.05) is 77.5 Å². The second kappa shape index (κ2) is 23.0. The molecule has 7 heterocycles. The first kappa shape index (κ1) is 56.7. The second-order valence-electron chi connectivity index (χ2n) is 25.6. The number of benzene rings is 13. The quantitative estimate of drug-likeness (QED) is 0.129. The van der Waals surface area contributed by atoms with Gasteiger partial charge in [-0.3, -0.25) is 18.3 Å². The Morgan fingerprint density at radius 3 is 0.790 bits per heavy atom. The molecule has 13 aromatic carbocycles. The summed E-state index contributed by atoms with van der Waals surface area (Å²) in [6, 6.07) is 123. The smallest absolute Gasteiger partial charge is 0.237 e. The van der Waals surface area contributed by atoms with Crippen LogP contribution < -0.4 is 0 Å². The lowest BCUT2D eigenvalue weighted by Crippen LogP contribution is -2.07. The van der Waals surface area contributed by atoms with Crippen LogP contribution in [0.25, 0.3) is 189 Å². The van der Waals surface area contributed by atoms with Crippen molar-refractivity contribution in [1.29, 1.82) is 0 Å². The van der Waals surface area contributed by atoms with E-state index >= 15 is 0 Å². The molecule has 20 rings (SSSR count). The van der Waals surface area contributed by atoms with E-state index in [-0.39, 0.29) is 0 Å². The van der Waals surface area contributed by atoms with Gasteiger partial charge in [0.15, 0.2) is 0 Å². The van der Waals surface area contributed by atoms with Gasteiger partial charge in [-0.2, -0.15) is 9.97 Å². The highest BCUT2D eigenvalue weighted by Gasteiger charge is 2.24. The number of nitrogens with zero attached hydrogens (tertiary/aromatic N) is 9. The minimum Gasteiger partial charge on any atom is -0.294 e. The lowest BCUT2D eigenvalue weighted by Gasteiger charge is -2.15. The van der Waals surface area contributed by atoms with Crippen LogP contribution in [0.5, 0.6) is 0 Å². The average Bonchev–Trinajstić information content (AvgIpc) is 1.58. The highest BCUT2D eigenvalue weighted by Crippen LogP contribution is 2.43. The Bertz CT molecular complexity index is 6020. The summed E-state index contributed by atoms with van der Waals surface area (Å²) in [5, 5.41) is 8.99. The standard InChI is InChI=1S/C91H57N9/c1-5-25-58(26-6-1)64-49-65(59-27-7-2-8-28-59)51-66(50-64)78-56-89(96-90(93-78)99-83-42-22-15-35-70(83)71-36-16-23-43-84(71)99)98-82-41-21-17-37-72(82)74-52-62(45-47-86(74)98)63-46-48-87-75(53-63)73-38-18-24-44-85(73)100(87)91-94-79(57-88(95-91)97-80-39-19-13-33-68(80)69-34-14-20-40-81(69)97)67-54-76(60-29-9-3-10-30-60)92-77(55-67)61-31-11-4-12-32-61/h1-57H. The summed E-state index contributed by atoms with van der Waals surface area (Å²) in [5.41, 5.74) is 22.1. The van der Waals surface area contributed by atoms with Crippen LogP contribution in [0.2, 0.25) is 0 Å². The molecule has 0 saturated carbocycles. The van der Waals surface area contributed by atoms with Gasteiger partial charge in [-0.25, -0.2) is 15.0 Å². The van der Waals surface area contributed by atoms with Crippen molar-refractivity contribution in [2.75, 3.05) is 0 Å². The third-order valence-corrected chi connectivity index (χ3v) is 19.8. The number of pyridine rings is 1. The number of rotatable bonds is 11. The van der Waals surface area contributed by atoms with E-state index in [1.807, 2.05) is 12.1 Å². The zero-order valence-electron chi connectivity index (χ0n) is 53.9. The van der Waals surface area contributed by atoms with Gasteiger partial charge in [-0.15, -0.1) is 0 Å². The molecule has 466 valence electrons. The van der Waals surface area contributed by atoms with Crippen molar-refractivity contribution in [2.24, 2.45) is 0 Å². The zero-order valence-corrected chi connectivity index (χ0v) is 53.9. The molecule has 0 N–H and O–H groups in total. The van der Waals surface area contributed by atoms with E-state index < -0.39 is 0 Å².